The van der Waals surface area contributed by atoms with E-state index < -0.39 is 22.0 Å². The lowest BCUT2D eigenvalue weighted by molar-refractivity contribution is -0.192. The maximum Gasteiger partial charge on any atom is 0.490 e. The minimum atomic E-state index is -5.08. The number of pyridine rings is 1. The summed E-state index contributed by atoms with van der Waals surface area (Å²) < 4.78 is 66.9. The number of hydrogen-bond acceptors (Lipinski definition) is 7. The molecule has 0 atom stereocenters. The third kappa shape index (κ3) is 7.68. The Morgan fingerprint density at radius 1 is 1.11 bits per heavy atom. The summed E-state index contributed by atoms with van der Waals surface area (Å²) in [5.41, 5.74) is 3.11. The van der Waals surface area contributed by atoms with Crippen molar-refractivity contribution in [3.8, 4) is 22.9 Å². The van der Waals surface area contributed by atoms with Gasteiger partial charge in [-0.3, -0.25) is 0 Å². The van der Waals surface area contributed by atoms with Gasteiger partial charge in [0.05, 0.1) is 16.6 Å². The molecule has 0 fully saturated rings. The predicted octanol–water partition coefficient (Wildman–Crippen LogP) is 5.03. The Balaban J connectivity index is 0.000000505. The third-order valence-electron chi connectivity index (χ3n) is 4.82. The molecule has 2 aromatic carbocycles. The van der Waals surface area contributed by atoms with E-state index in [-0.39, 0.29) is 11.0 Å². The zero-order valence-corrected chi connectivity index (χ0v) is 21.3. The summed E-state index contributed by atoms with van der Waals surface area (Å²) in [4.78, 5) is 21.4. The number of benzene rings is 2. The van der Waals surface area contributed by atoms with Crippen LogP contribution in [0.3, 0.4) is 0 Å². The first kappa shape index (κ1) is 28.4. The molecule has 0 amide bonds. The number of carbonyl (C=O) groups is 1. The highest BCUT2D eigenvalue weighted by molar-refractivity contribution is 7.90. The summed E-state index contributed by atoms with van der Waals surface area (Å²) in [6, 6.07) is 16.0. The molecule has 0 radical (unpaired) electrons. The molecular formula is C25H24F3N3O6S. The van der Waals surface area contributed by atoms with E-state index in [2.05, 4.69) is 15.0 Å². The number of H-pyrrole nitrogens is 1. The summed E-state index contributed by atoms with van der Waals surface area (Å²) in [6.45, 7) is 4.23. The lowest BCUT2D eigenvalue weighted by Crippen LogP contribution is -2.21. The van der Waals surface area contributed by atoms with Gasteiger partial charge in [-0.25, -0.2) is 23.2 Å². The SMILES string of the molecule is CC(C)Oc1ccc(OCc2ccc(S(C)(=O)=O)cc2)cc1-c1nc2cccnc2[nH]1.O=C(O)C(F)(F)F. The Labute approximate surface area is 216 Å². The molecule has 2 heterocycles. The number of nitrogens with zero attached hydrogens (tertiary/aromatic N) is 2. The highest BCUT2D eigenvalue weighted by Crippen LogP contribution is 2.34. The second kappa shape index (κ2) is 11.5. The quantitative estimate of drug-likeness (QED) is 0.327. The highest BCUT2D eigenvalue weighted by atomic mass is 32.2. The highest BCUT2D eigenvalue weighted by Gasteiger charge is 2.38. The number of hydrogen-bond donors (Lipinski definition) is 2. The van der Waals surface area contributed by atoms with Crippen LogP contribution in [0.25, 0.3) is 22.6 Å². The van der Waals surface area contributed by atoms with Crippen LogP contribution in [0.2, 0.25) is 0 Å². The lowest BCUT2D eigenvalue weighted by Gasteiger charge is -2.15. The summed E-state index contributed by atoms with van der Waals surface area (Å²) in [6.07, 6.45) is -2.18. The summed E-state index contributed by atoms with van der Waals surface area (Å²) in [5, 5.41) is 7.12. The first-order valence-electron chi connectivity index (χ1n) is 11.1. The summed E-state index contributed by atoms with van der Waals surface area (Å²) in [7, 11) is -3.22. The molecule has 0 aliphatic carbocycles. The lowest BCUT2D eigenvalue weighted by atomic mass is 10.1. The minimum absolute atomic E-state index is 0.00128. The fourth-order valence-corrected chi connectivity index (χ4v) is 3.74. The maximum atomic E-state index is 11.6. The standard InChI is InChI=1S/C23H23N3O4S.C2HF3O2/c1-15(2)30-21-11-8-17(29-14-16-6-9-18(10-7-16)31(3,27)28)13-19(21)22-25-20-5-4-12-24-23(20)26-22;3-2(4,5)1(6)7/h4-13,15H,14H2,1-3H3,(H,24,25,26);(H,6,7). The van der Waals surface area contributed by atoms with Gasteiger partial charge < -0.3 is 19.6 Å². The number of halogens is 3. The summed E-state index contributed by atoms with van der Waals surface area (Å²) in [5.74, 6) is -0.773. The molecule has 0 unspecified atom stereocenters. The van der Waals surface area contributed by atoms with Crippen molar-refractivity contribution < 1.29 is 41.0 Å². The number of carboxylic acids is 1. The van der Waals surface area contributed by atoms with Gasteiger partial charge in [-0.15, -0.1) is 0 Å². The van der Waals surface area contributed by atoms with Crippen molar-refractivity contribution in [3.05, 3.63) is 66.4 Å². The molecule has 202 valence electrons. The van der Waals surface area contributed by atoms with Crippen molar-refractivity contribution >= 4 is 27.0 Å². The van der Waals surface area contributed by atoms with Crippen LogP contribution >= 0.6 is 0 Å². The van der Waals surface area contributed by atoms with Crippen molar-refractivity contribution in [1.29, 1.82) is 0 Å². The summed E-state index contributed by atoms with van der Waals surface area (Å²) >= 11 is 0. The van der Waals surface area contributed by atoms with Crippen LogP contribution in [-0.2, 0) is 21.2 Å². The van der Waals surface area contributed by atoms with Crippen molar-refractivity contribution in [3.63, 3.8) is 0 Å². The number of aromatic amines is 1. The Morgan fingerprint density at radius 2 is 1.76 bits per heavy atom. The van der Waals surface area contributed by atoms with Crippen molar-refractivity contribution in [2.75, 3.05) is 6.26 Å². The Hall–Kier alpha value is -4.13. The first-order chi connectivity index (χ1) is 17.7. The monoisotopic (exact) mass is 551 g/mol. The zero-order valence-electron chi connectivity index (χ0n) is 20.5. The molecule has 4 rings (SSSR count). The number of aromatic nitrogens is 3. The van der Waals surface area contributed by atoms with Crippen molar-refractivity contribution in [2.45, 2.75) is 37.6 Å². The van der Waals surface area contributed by atoms with Gasteiger partial charge in [0.1, 0.15) is 29.4 Å². The van der Waals surface area contributed by atoms with Crippen LogP contribution in [0.1, 0.15) is 19.4 Å². The van der Waals surface area contributed by atoms with Crippen LogP contribution in [-0.4, -0.2) is 53.0 Å². The van der Waals surface area contributed by atoms with Gasteiger partial charge in [-0.2, -0.15) is 13.2 Å². The number of alkyl halides is 3. The molecule has 0 aliphatic rings. The van der Waals surface area contributed by atoms with Crippen LogP contribution in [0, 0.1) is 0 Å². The molecule has 0 saturated carbocycles. The zero-order chi connectivity index (χ0) is 28.1. The fraction of sp³-hybridized carbons (Fsp3) is 0.240. The van der Waals surface area contributed by atoms with E-state index in [1.165, 1.54) is 6.26 Å². The molecular weight excluding hydrogens is 527 g/mol. The van der Waals surface area contributed by atoms with E-state index in [1.807, 2.05) is 44.2 Å². The van der Waals surface area contributed by atoms with Crippen molar-refractivity contribution in [1.82, 2.24) is 15.0 Å². The average Bonchev–Trinajstić information content (AvgIpc) is 3.27. The van der Waals surface area contributed by atoms with Crippen molar-refractivity contribution in [2.24, 2.45) is 0 Å². The number of sulfone groups is 1. The Kier molecular flexibility index (Phi) is 8.61. The first-order valence-corrected chi connectivity index (χ1v) is 13.0. The second-order valence-electron chi connectivity index (χ2n) is 8.29. The van der Waals surface area contributed by atoms with E-state index in [0.717, 1.165) is 16.6 Å². The number of nitrogens with one attached hydrogen (secondary N) is 1. The van der Waals surface area contributed by atoms with Gasteiger partial charge in [0.2, 0.25) is 0 Å². The van der Waals surface area contributed by atoms with Gasteiger partial charge in [-0.05, 0) is 61.9 Å². The number of rotatable bonds is 7. The normalized spacial score (nSPS) is 11.7. The number of imidazole rings is 1. The predicted molar refractivity (Wildman–Crippen MR) is 133 cm³/mol. The van der Waals surface area contributed by atoms with Crippen LogP contribution in [0.15, 0.2) is 65.7 Å². The maximum absolute atomic E-state index is 11.6. The molecule has 0 spiro atoms. The Bertz CT molecular complexity index is 1480. The Morgan fingerprint density at radius 3 is 2.32 bits per heavy atom. The third-order valence-corrected chi connectivity index (χ3v) is 5.95. The van der Waals surface area contributed by atoms with Gasteiger partial charge in [0.15, 0.2) is 15.5 Å². The van der Waals surface area contributed by atoms with Crippen LogP contribution in [0.4, 0.5) is 13.2 Å². The molecule has 9 nitrogen and oxygen atoms in total. The van der Waals surface area contributed by atoms with E-state index in [0.29, 0.717) is 29.6 Å². The smallest absolute Gasteiger partial charge is 0.490 e. The van der Waals surface area contributed by atoms with Gasteiger partial charge >= 0.3 is 12.1 Å². The van der Waals surface area contributed by atoms with E-state index >= 15 is 0 Å². The molecule has 0 aliphatic heterocycles. The molecule has 4 aromatic rings. The second-order valence-corrected chi connectivity index (χ2v) is 10.3. The van der Waals surface area contributed by atoms with Gasteiger partial charge in [-0.1, -0.05) is 12.1 Å². The number of aliphatic carboxylic acids is 1. The molecule has 0 bridgehead atoms. The minimum Gasteiger partial charge on any atom is -0.490 e. The number of fused-ring (bicyclic) bond motifs is 1. The average molecular weight is 552 g/mol. The molecule has 13 heteroatoms. The van der Waals surface area contributed by atoms with Gasteiger partial charge in [0, 0.05) is 12.5 Å². The van der Waals surface area contributed by atoms with E-state index in [1.54, 1.807) is 30.5 Å². The topological polar surface area (TPSA) is 131 Å². The largest absolute Gasteiger partial charge is 0.490 e. The van der Waals surface area contributed by atoms with Gasteiger partial charge in [0.25, 0.3) is 0 Å². The fourth-order valence-electron chi connectivity index (χ4n) is 3.11. The number of carboxylic acid groups (broad SMARTS) is 1. The molecule has 38 heavy (non-hydrogen) atoms. The number of ether oxygens (including phenoxy) is 2. The molecule has 2 N–H and O–H groups in total. The van der Waals surface area contributed by atoms with E-state index in [4.69, 9.17) is 19.4 Å². The van der Waals surface area contributed by atoms with E-state index in [9.17, 15) is 21.6 Å². The van der Waals surface area contributed by atoms with Crippen LogP contribution < -0.4 is 9.47 Å². The van der Waals surface area contributed by atoms with Crippen LogP contribution in [0.5, 0.6) is 11.5 Å². The molecule has 2 aromatic heterocycles. The molecule has 0 saturated heterocycles.